The highest BCUT2D eigenvalue weighted by molar-refractivity contribution is 6.35. The van der Waals surface area contributed by atoms with Crippen LogP contribution in [-0.2, 0) is 4.79 Å². The lowest BCUT2D eigenvalue weighted by molar-refractivity contribution is -0.114. The van der Waals surface area contributed by atoms with Gasteiger partial charge >= 0.3 is 0 Å². The van der Waals surface area contributed by atoms with E-state index in [1.54, 1.807) is 6.07 Å². The second kappa shape index (κ2) is 3.59. The largest absolute Gasteiger partial charge is 0.360 e. The molecule has 1 aromatic carbocycles. The lowest BCUT2D eigenvalue weighted by Gasteiger charge is -2.08. The van der Waals surface area contributed by atoms with Gasteiger partial charge in [-0.3, -0.25) is 4.79 Å². The van der Waals surface area contributed by atoms with E-state index < -0.39 is 0 Å². The number of H-pyrrole nitrogens is 1. The molecule has 2 N–H and O–H groups in total. The Morgan fingerprint density at radius 1 is 1.53 bits per heavy atom. The first-order chi connectivity index (χ1) is 7.09. The molecule has 15 heavy (non-hydrogen) atoms. The van der Waals surface area contributed by atoms with Gasteiger partial charge in [-0.25, -0.2) is 0 Å². The molecule has 3 nitrogen and oxygen atoms in total. The van der Waals surface area contributed by atoms with Crippen molar-refractivity contribution in [2.24, 2.45) is 0 Å². The van der Waals surface area contributed by atoms with Gasteiger partial charge < -0.3 is 10.3 Å². The Morgan fingerprint density at radius 2 is 2.27 bits per heavy atom. The average Bonchev–Trinajstić information content (AvgIpc) is 2.61. The molecule has 2 rings (SSSR count). The van der Waals surface area contributed by atoms with Gasteiger partial charge in [0.2, 0.25) is 5.91 Å². The van der Waals surface area contributed by atoms with Crippen molar-refractivity contribution in [2.75, 3.05) is 5.32 Å². The fourth-order valence-corrected chi connectivity index (χ4v) is 1.92. The van der Waals surface area contributed by atoms with Crippen molar-refractivity contribution in [1.82, 2.24) is 4.98 Å². The average molecular weight is 223 g/mol. The molecule has 0 aliphatic carbocycles. The van der Waals surface area contributed by atoms with Gasteiger partial charge in [-0.05, 0) is 24.6 Å². The zero-order valence-electron chi connectivity index (χ0n) is 8.52. The third kappa shape index (κ3) is 1.70. The van der Waals surface area contributed by atoms with Gasteiger partial charge in [-0.2, -0.15) is 0 Å². The molecule has 0 aliphatic heterocycles. The van der Waals surface area contributed by atoms with Crippen LogP contribution in [-0.4, -0.2) is 10.9 Å². The van der Waals surface area contributed by atoms with Crippen molar-refractivity contribution in [3.05, 3.63) is 28.9 Å². The number of fused-ring (bicyclic) bond motifs is 1. The zero-order valence-corrected chi connectivity index (χ0v) is 9.27. The molecule has 0 fully saturated rings. The standard InChI is InChI=1S/C11H11ClN2O/c1-6-8-3-4-13-11(8)9(12)5-10(6)14-7(2)15/h3-5,13H,1-2H3,(H,14,15). The van der Waals surface area contributed by atoms with E-state index >= 15 is 0 Å². The Bertz CT molecular complexity index is 531. The molecular weight excluding hydrogens is 212 g/mol. The van der Waals surface area contributed by atoms with E-state index in [1.165, 1.54) is 6.92 Å². The number of rotatable bonds is 1. The Kier molecular flexibility index (Phi) is 2.40. The van der Waals surface area contributed by atoms with Crippen LogP contribution in [0, 0.1) is 6.92 Å². The van der Waals surface area contributed by atoms with Crippen LogP contribution >= 0.6 is 11.6 Å². The maximum atomic E-state index is 11.0. The first kappa shape index (κ1) is 10.1. The van der Waals surface area contributed by atoms with Gasteiger partial charge in [-0.15, -0.1) is 0 Å². The van der Waals surface area contributed by atoms with Crippen LogP contribution in [0.25, 0.3) is 10.9 Å². The Morgan fingerprint density at radius 3 is 2.93 bits per heavy atom. The summed E-state index contributed by atoms with van der Waals surface area (Å²) in [4.78, 5) is 14.1. The Balaban J connectivity index is 2.65. The number of anilines is 1. The van der Waals surface area contributed by atoms with Crippen LogP contribution in [0.2, 0.25) is 5.02 Å². The predicted molar refractivity (Wildman–Crippen MR) is 62.3 cm³/mol. The molecule has 0 atom stereocenters. The first-order valence-electron chi connectivity index (χ1n) is 4.63. The monoisotopic (exact) mass is 222 g/mol. The van der Waals surface area contributed by atoms with Gasteiger partial charge in [0.15, 0.2) is 0 Å². The van der Waals surface area contributed by atoms with Crippen LogP contribution in [0.4, 0.5) is 5.69 Å². The van der Waals surface area contributed by atoms with E-state index in [-0.39, 0.29) is 5.91 Å². The highest BCUT2D eigenvalue weighted by atomic mass is 35.5. The maximum Gasteiger partial charge on any atom is 0.221 e. The predicted octanol–water partition coefficient (Wildman–Crippen LogP) is 3.09. The van der Waals surface area contributed by atoms with Crippen LogP contribution in [0.1, 0.15) is 12.5 Å². The minimum Gasteiger partial charge on any atom is -0.360 e. The van der Waals surface area contributed by atoms with E-state index in [4.69, 9.17) is 11.6 Å². The molecule has 1 heterocycles. The van der Waals surface area contributed by atoms with Gasteiger partial charge in [0.1, 0.15) is 0 Å². The van der Waals surface area contributed by atoms with E-state index in [0.29, 0.717) is 5.02 Å². The highest BCUT2D eigenvalue weighted by Gasteiger charge is 2.09. The number of hydrogen-bond donors (Lipinski definition) is 2. The highest BCUT2D eigenvalue weighted by Crippen LogP contribution is 2.31. The summed E-state index contributed by atoms with van der Waals surface area (Å²) in [6, 6.07) is 3.71. The first-order valence-corrected chi connectivity index (χ1v) is 5.01. The number of aryl methyl sites for hydroxylation is 1. The molecule has 0 bridgehead atoms. The molecule has 0 saturated heterocycles. The number of nitrogens with one attached hydrogen (secondary N) is 2. The third-order valence-corrected chi connectivity index (χ3v) is 2.67. The molecule has 0 saturated carbocycles. The van der Waals surface area contributed by atoms with Crippen molar-refractivity contribution < 1.29 is 4.79 Å². The number of halogens is 1. The Labute approximate surface area is 92.4 Å². The maximum absolute atomic E-state index is 11.0. The van der Waals surface area contributed by atoms with E-state index in [1.807, 2.05) is 19.2 Å². The molecule has 0 radical (unpaired) electrons. The van der Waals surface area contributed by atoms with Crippen LogP contribution in [0.15, 0.2) is 18.3 Å². The van der Waals surface area contributed by atoms with Crippen molar-refractivity contribution in [2.45, 2.75) is 13.8 Å². The number of carbonyl (C=O) groups is 1. The van der Waals surface area contributed by atoms with Crippen molar-refractivity contribution in [1.29, 1.82) is 0 Å². The molecule has 4 heteroatoms. The summed E-state index contributed by atoms with van der Waals surface area (Å²) in [6.45, 7) is 3.44. The van der Waals surface area contributed by atoms with Gasteiger partial charge in [0.05, 0.1) is 10.5 Å². The molecule has 1 amide bonds. The number of carbonyl (C=O) groups excluding carboxylic acids is 1. The number of amides is 1. The SMILES string of the molecule is CC(=O)Nc1cc(Cl)c2[nH]ccc2c1C. The summed E-state index contributed by atoms with van der Waals surface area (Å²) < 4.78 is 0. The summed E-state index contributed by atoms with van der Waals surface area (Å²) in [7, 11) is 0. The van der Waals surface area contributed by atoms with Crippen molar-refractivity contribution in [3.63, 3.8) is 0 Å². The lowest BCUT2D eigenvalue weighted by atomic mass is 10.1. The van der Waals surface area contributed by atoms with E-state index in [9.17, 15) is 4.79 Å². The summed E-state index contributed by atoms with van der Waals surface area (Å²) in [6.07, 6.45) is 1.83. The Hall–Kier alpha value is -1.48. The van der Waals surface area contributed by atoms with Crippen molar-refractivity contribution >= 4 is 34.1 Å². The molecular formula is C11H11ClN2O. The topological polar surface area (TPSA) is 44.9 Å². The third-order valence-electron chi connectivity index (χ3n) is 2.38. The van der Waals surface area contributed by atoms with Crippen molar-refractivity contribution in [3.8, 4) is 0 Å². The van der Waals surface area contributed by atoms with E-state index in [2.05, 4.69) is 10.3 Å². The van der Waals surface area contributed by atoms with Crippen LogP contribution < -0.4 is 5.32 Å². The fourth-order valence-electron chi connectivity index (χ4n) is 1.65. The number of aromatic amines is 1. The summed E-state index contributed by atoms with van der Waals surface area (Å²) >= 11 is 6.08. The van der Waals surface area contributed by atoms with Crippen LogP contribution in [0.3, 0.4) is 0 Å². The lowest BCUT2D eigenvalue weighted by Crippen LogP contribution is -2.07. The normalized spacial score (nSPS) is 10.6. The van der Waals surface area contributed by atoms with Gasteiger partial charge in [0.25, 0.3) is 0 Å². The summed E-state index contributed by atoms with van der Waals surface area (Å²) in [5.41, 5.74) is 2.69. The van der Waals surface area contributed by atoms with E-state index in [0.717, 1.165) is 22.2 Å². The number of hydrogen-bond acceptors (Lipinski definition) is 1. The molecule has 1 aromatic heterocycles. The molecule has 78 valence electrons. The second-order valence-electron chi connectivity index (χ2n) is 3.48. The fraction of sp³-hybridized carbons (Fsp3) is 0.182. The summed E-state index contributed by atoms with van der Waals surface area (Å²) in [5, 5.41) is 4.41. The van der Waals surface area contributed by atoms with Crippen LogP contribution in [0.5, 0.6) is 0 Å². The molecule has 2 aromatic rings. The zero-order chi connectivity index (χ0) is 11.0. The van der Waals surface area contributed by atoms with Gasteiger partial charge in [-0.1, -0.05) is 11.6 Å². The molecule has 0 spiro atoms. The minimum atomic E-state index is -0.0935. The number of aromatic nitrogens is 1. The van der Waals surface area contributed by atoms with Gasteiger partial charge in [0, 0.05) is 24.2 Å². The molecule has 0 aliphatic rings. The quantitative estimate of drug-likeness (QED) is 0.765. The molecule has 0 unspecified atom stereocenters. The minimum absolute atomic E-state index is 0.0935. The number of benzene rings is 1. The second-order valence-corrected chi connectivity index (χ2v) is 3.89. The summed E-state index contributed by atoms with van der Waals surface area (Å²) in [5.74, 6) is -0.0935. The smallest absolute Gasteiger partial charge is 0.221 e.